The summed E-state index contributed by atoms with van der Waals surface area (Å²) in [5.41, 5.74) is 0.900. The first-order valence-corrected chi connectivity index (χ1v) is 6.90. The number of rotatable bonds is 1. The summed E-state index contributed by atoms with van der Waals surface area (Å²) >= 11 is 0. The van der Waals surface area contributed by atoms with Crippen molar-refractivity contribution in [3.63, 3.8) is 0 Å². The molecule has 0 saturated heterocycles. The van der Waals surface area contributed by atoms with Gasteiger partial charge < -0.3 is 0 Å². The molecule has 0 aromatic heterocycles. The van der Waals surface area contributed by atoms with Gasteiger partial charge in [-0.3, -0.25) is 0 Å². The van der Waals surface area contributed by atoms with E-state index >= 15 is 0 Å². The minimum absolute atomic E-state index is 0.173. The first kappa shape index (κ1) is 10.9. The van der Waals surface area contributed by atoms with Gasteiger partial charge in [0.05, 0.1) is 10.00 Å². The van der Waals surface area contributed by atoms with Crippen molar-refractivity contribution in [2.75, 3.05) is 0 Å². The van der Waals surface area contributed by atoms with Gasteiger partial charge >= 0.3 is 0 Å². The minimum Gasteiger partial charge on any atom is -0.228 e. The summed E-state index contributed by atoms with van der Waals surface area (Å²) in [5, 5.41) is -0.340. The van der Waals surface area contributed by atoms with Crippen molar-refractivity contribution >= 4 is 9.84 Å². The number of sulfone groups is 1. The van der Waals surface area contributed by atoms with Crippen LogP contribution in [0.25, 0.3) is 0 Å². The Morgan fingerprint density at radius 3 is 2.33 bits per heavy atom. The fourth-order valence-corrected chi connectivity index (χ4v) is 4.52. The molecule has 84 valence electrons. The molecular formula is C12H18O2S. The monoisotopic (exact) mass is 226 g/mol. The largest absolute Gasteiger partial charge is 0.228 e. The van der Waals surface area contributed by atoms with Gasteiger partial charge in [0.25, 0.3) is 0 Å². The molecule has 2 rings (SSSR count). The van der Waals surface area contributed by atoms with E-state index < -0.39 is 14.6 Å². The molecule has 3 heteroatoms. The molecule has 0 N–H and O–H groups in total. The molecule has 0 unspecified atom stereocenters. The summed E-state index contributed by atoms with van der Waals surface area (Å²) < 4.78 is 24.0. The second-order valence-corrected chi connectivity index (χ2v) is 8.37. The molecule has 1 fully saturated rings. The van der Waals surface area contributed by atoms with E-state index in [9.17, 15) is 8.42 Å². The van der Waals surface area contributed by atoms with E-state index in [1.165, 1.54) is 0 Å². The lowest BCUT2D eigenvalue weighted by molar-refractivity contribution is 0.538. The second kappa shape index (κ2) is 2.97. The van der Waals surface area contributed by atoms with Gasteiger partial charge in [0.2, 0.25) is 0 Å². The maximum Gasteiger partial charge on any atom is 0.162 e. The van der Waals surface area contributed by atoms with Gasteiger partial charge in [-0.1, -0.05) is 24.3 Å². The average Bonchev–Trinajstić information content (AvgIpc) is 2.60. The van der Waals surface area contributed by atoms with E-state index in [0.29, 0.717) is 5.92 Å². The molecule has 2 aliphatic rings. The van der Waals surface area contributed by atoms with Crippen LogP contribution in [0, 0.1) is 11.8 Å². The molecule has 0 aromatic carbocycles. The Balaban J connectivity index is 2.42. The fraction of sp³-hybridized carbons (Fsp3) is 0.667. The molecular weight excluding hydrogens is 208 g/mol. The van der Waals surface area contributed by atoms with E-state index in [-0.39, 0.29) is 11.2 Å². The number of allylic oxidation sites excluding steroid dienone is 2. The lowest BCUT2D eigenvalue weighted by Crippen LogP contribution is -2.40. The molecule has 15 heavy (non-hydrogen) atoms. The SMILES string of the molecule is C=C1[C@@H](S(=O)(=O)C(C)(C)C)[C@@H]2C=C[C@H]1C2. The van der Waals surface area contributed by atoms with E-state index in [2.05, 4.69) is 12.7 Å². The minimum atomic E-state index is -3.11. The lowest BCUT2D eigenvalue weighted by Gasteiger charge is -2.29. The van der Waals surface area contributed by atoms with Crippen molar-refractivity contribution in [3.8, 4) is 0 Å². The van der Waals surface area contributed by atoms with Crippen molar-refractivity contribution in [1.29, 1.82) is 0 Å². The van der Waals surface area contributed by atoms with Crippen LogP contribution in [0.2, 0.25) is 0 Å². The lowest BCUT2D eigenvalue weighted by atomic mass is 10.0. The first-order valence-electron chi connectivity index (χ1n) is 5.35. The smallest absolute Gasteiger partial charge is 0.162 e. The van der Waals surface area contributed by atoms with Crippen LogP contribution in [0.3, 0.4) is 0 Å². The summed E-state index contributed by atoms with van der Waals surface area (Å²) in [5.74, 6) is 0.476. The van der Waals surface area contributed by atoms with E-state index in [1.807, 2.05) is 6.08 Å². The number of fused-ring (bicyclic) bond motifs is 2. The predicted octanol–water partition coefficient (Wildman–Crippen LogP) is 2.33. The van der Waals surface area contributed by atoms with Crippen molar-refractivity contribution < 1.29 is 8.42 Å². The van der Waals surface area contributed by atoms with Crippen molar-refractivity contribution in [1.82, 2.24) is 0 Å². The Hall–Kier alpha value is -0.570. The molecule has 0 radical (unpaired) electrons. The Labute approximate surface area is 92.0 Å². The van der Waals surface area contributed by atoms with E-state index in [1.54, 1.807) is 20.8 Å². The topological polar surface area (TPSA) is 34.1 Å². The van der Waals surface area contributed by atoms with Gasteiger partial charge in [0.1, 0.15) is 0 Å². The molecule has 0 amide bonds. The number of hydrogen-bond donors (Lipinski definition) is 0. The Morgan fingerprint density at radius 1 is 1.33 bits per heavy atom. The predicted molar refractivity (Wildman–Crippen MR) is 62.3 cm³/mol. The summed E-state index contributed by atoms with van der Waals surface area (Å²) in [4.78, 5) is 0. The molecule has 2 bridgehead atoms. The number of hydrogen-bond acceptors (Lipinski definition) is 2. The highest BCUT2D eigenvalue weighted by atomic mass is 32.2. The van der Waals surface area contributed by atoms with Crippen LogP contribution in [0.4, 0.5) is 0 Å². The molecule has 3 atom stereocenters. The van der Waals surface area contributed by atoms with Gasteiger partial charge in [0.15, 0.2) is 9.84 Å². The molecule has 0 aromatic rings. The van der Waals surface area contributed by atoms with Crippen molar-refractivity contribution in [3.05, 3.63) is 24.3 Å². The van der Waals surface area contributed by atoms with Crippen LogP contribution >= 0.6 is 0 Å². The maximum absolute atomic E-state index is 12.4. The van der Waals surface area contributed by atoms with Crippen LogP contribution in [-0.4, -0.2) is 18.4 Å². The average molecular weight is 226 g/mol. The summed E-state index contributed by atoms with van der Waals surface area (Å²) in [6.07, 6.45) is 5.09. The van der Waals surface area contributed by atoms with Gasteiger partial charge in [-0.05, 0) is 39.0 Å². The molecule has 2 nitrogen and oxygen atoms in total. The van der Waals surface area contributed by atoms with Crippen LogP contribution in [0.5, 0.6) is 0 Å². The molecule has 0 heterocycles. The van der Waals surface area contributed by atoms with Crippen LogP contribution < -0.4 is 0 Å². The third-order valence-electron chi connectivity index (χ3n) is 3.54. The highest BCUT2D eigenvalue weighted by Crippen LogP contribution is 2.47. The maximum atomic E-state index is 12.4. The second-order valence-electron chi connectivity index (χ2n) is 5.54. The quantitative estimate of drug-likeness (QED) is 0.643. The zero-order chi connectivity index (χ0) is 11.4. The molecule has 1 saturated carbocycles. The summed E-state index contributed by atoms with van der Waals surface area (Å²) in [6, 6.07) is 0. The highest BCUT2D eigenvalue weighted by Gasteiger charge is 2.49. The Kier molecular flexibility index (Phi) is 2.16. The van der Waals surface area contributed by atoms with Crippen molar-refractivity contribution in [2.45, 2.75) is 37.2 Å². The van der Waals surface area contributed by atoms with Gasteiger partial charge in [0, 0.05) is 0 Å². The van der Waals surface area contributed by atoms with Gasteiger partial charge in [-0.15, -0.1) is 0 Å². The molecule has 0 spiro atoms. The van der Waals surface area contributed by atoms with E-state index in [0.717, 1.165) is 12.0 Å². The third-order valence-corrected chi connectivity index (χ3v) is 6.56. The third kappa shape index (κ3) is 1.40. The fourth-order valence-electron chi connectivity index (χ4n) is 2.52. The Bertz CT molecular complexity index is 423. The summed E-state index contributed by atoms with van der Waals surface area (Å²) in [7, 11) is -3.11. The Morgan fingerprint density at radius 2 is 1.93 bits per heavy atom. The van der Waals surface area contributed by atoms with Crippen LogP contribution in [0.1, 0.15) is 27.2 Å². The molecule has 0 aliphatic heterocycles. The van der Waals surface area contributed by atoms with E-state index in [4.69, 9.17) is 0 Å². The zero-order valence-corrected chi connectivity index (χ0v) is 10.3. The first-order chi connectivity index (χ1) is 6.75. The normalized spacial score (nSPS) is 35.1. The molecule has 2 aliphatic carbocycles. The van der Waals surface area contributed by atoms with Crippen LogP contribution in [-0.2, 0) is 9.84 Å². The van der Waals surface area contributed by atoms with Gasteiger partial charge in [-0.25, -0.2) is 8.42 Å². The zero-order valence-electron chi connectivity index (χ0n) is 9.53. The summed E-state index contributed by atoms with van der Waals surface area (Å²) in [6.45, 7) is 9.28. The van der Waals surface area contributed by atoms with Crippen molar-refractivity contribution in [2.24, 2.45) is 11.8 Å². The highest BCUT2D eigenvalue weighted by molar-refractivity contribution is 7.93. The van der Waals surface area contributed by atoms with Gasteiger partial charge in [-0.2, -0.15) is 0 Å². The standard InChI is InChI=1S/C12H18O2S/c1-8-9-5-6-10(7-9)11(8)15(13,14)12(2,3)4/h5-6,9-11H,1,7H2,2-4H3/t9-,10+,11+/m0/s1. The van der Waals surface area contributed by atoms with Crippen LogP contribution in [0.15, 0.2) is 24.3 Å².